The van der Waals surface area contributed by atoms with E-state index in [9.17, 15) is 4.79 Å². The Morgan fingerprint density at radius 3 is 3.04 bits per heavy atom. The molecular weight excluding hydrogens is 332 g/mol. The number of carbonyl (C=O) groups excluding carboxylic acids is 1. The molecule has 0 bridgehead atoms. The minimum atomic E-state index is -0.0238. The van der Waals surface area contributed by atoms with Crippen molar-refractivity contribution in [3.63, 3.8) is 0 Å². The maximum atomic E-state index is 12.1. The van der Waals surface area contributed by atoms with E-state index in [2.05, 4.69) is 10.6 Å². The van der Waals surface area contributed by atoms with Crippen LogP contribution in [0.2, 0.25) is 0 Å². The van der Waals surface area contributed by atoms with Crippen molar-refractivity contribution in [2.24, 2.45) is 0 Å². The summed E-state index contributed by atoms with van der Waals surface area (Å²) in [5, 5.41) is 6.19. The molecule has 0 aromatic heterocycles. The van der Waals surface area contributed by atoms with Gasteiger partial charge in [0.1, 0.15) is 12.4 Å². The molecule has 2 atom stereocenters. The molecule has 7 heteroatoms. The Morgan fingerprint density at radius 1 is 1.38 bits per heavy atom. The molecule has 3 rings (SSSR count). The lowest BCUT2D eigenvalue weighted by atomic mass is 10.2. The van der Waals surface area contributed by atoms with Crippen LogP contribution in [0.4, 0.5) is 5.69 Å². The van der Waals surface area contributed by atoms with Gasteiger partial charge in [0.2, 0.25) is 5.91 Å². The summed E-state index contributed by atoms with van der Waals surface area (Å²) in [7, 11) is 0. The van der Waals surface area contributed by atoms with Crippen molar-refractivity contribution in [2.45, 2.75) is 31.4 Å². The number of halogens is 1. The van der Waals surface area contributed by atoms with Crippen LogP contribution in [-0.4, -0.2) is 51.0 Å². The number of amides is 1. The van der Waals surface area contributed by atoms with Crippen molar-refractivity contribution in [1.29, 1.82) is 0 Å². The minimum absolute atomic E-state index is 0. The fourth-order valence-electron chi connectivity index (χ4n) is 2.82. The van der Waals surface area contributed by atoms with Gasteiger partial charge in [-0.2, -0.15) is 0 Å². The van der Waals surface area contributed by atoms with Gasteiger partial charge in [-0.05, 0) is 25.0 Å². The summed E-state index contributed by atoms with van der Waals surface area (Å²) in [5.41, 5.74) is 0.747. The molecule has 2 heterocycles. The van der Waals surface area contributed by atoms with Gasteiger partial charge in [-0.25, -0.2) is 0 Å². The van der Waals surface area contributed by atoms with Crippen LogP contribution in [-0.2, 0) is 14.3 Å². The highest BCUT2D eigenvalue weighted by Gasteiger charge is 2.18. The van der Waals surface area contributed by atoms with Gasteiger partial charge in [0.25, 0.3) is 0 Å². The van der Waals surface area contributed by atoms with Gasteiger partial charge in [-0.15, -0.1) is 12.4 Å². The molecule has 0 spiro atoms. The minimum Gasteiger partial charge on any atom is -0.491 e. The first kappa shape index (κ1) is 19.0. The zero-order valence-corrected chi connectivity index (χ0v) is 14.5. The van der Waals surface area contributed by atoms with Crippen LogP contribution in [0.25, 0.3) is 0 Å². The van der Waals surface area contributed by atoms with Crippen molar-refractivity contribution in [3.05, 3.63) is 24.3 Å². The molecule has 1 aromatic carbocycles. The zero-order chi connectivity index (χ0) is 15.9. The lowest BCUT2D eigenvalue weighted by Crippen LogP contribution is -2.43. The first-order chi connectivity index (χ1) is 11.3. The quantitative estimate of drug-likeness (QED) is 0.815. The molecule has 24 heavy (non-hydrogen) atoms. The van der Waals surface area contributed by atoms with Crippen LogP contribution < -0.4 is 15.4 Å². The number of rotatable bonds is 6. The molecule has 6 nitrogen and oxygen atoms in total. The van der Waals surface area contributed by atoms with Gasteiger partial charge in [-0.1, -0.05) is 6.07 Å². The molecule has 0 saturated carbocycles. The largest absolute Gasteiger partial charge is 0.491 e. The summed E-state index contributed by atoms with van der Waals surface area (Å²) in [6.45, 7) is 3.47. The Balaban J connectivity index is 0.00000208. The van der Waals surface area contributed by atoms with Gasteiger partial charge < -0.3 is 24.8 Å². The number of benzene rings is 1. The summed E-state index contributed by atoms with van der Waals surface area (Å²) < 4.78 is 16.7. The molecule has 2 aliphatic rings. The molecule has 2 aliphatic heterocycles. The second kappa shape index (κ2) is 9.84. The molecule has 1 aromatic rings. The molecule has 1 amide bonds. The number of hydrogen-bond donors (Lipinski definition) is 2. The van der Waals surface area contributed by atoms with Crippen LogP contribution in [0, 0.1) is 0 Å². The van der Waals surface area contributed by atoms with Crippen LogP contribution in [0.15, 0.2) is 24.3 Å². The Labute approximate surface area is 148 Å². The van der Waals surface area contributed by atoms with Gasteiger partial charge in [0.15, 0.2) is 0 Å². The Bertz CT molecular complexity index is 517. The van der Waals surface area contributed by atoms with Gasteiger partial charge >= 0.3 is 0 Å². The Morgan fingerprint density at radius 2 is 2.29 bits per heavy atom. The summed E-state index contributed by atoms with van der Waals surface area (Å²) in [4.78, 5) is 12.1. The normalized spacial score (nSPS) is 23.3. The highest BCUT2D eigenvalue weighted by atomic mass is 35.5. The third-order valence-electron chi connectivity index (χ3n) is 4.01. The number of morpholine rings is 1. The molecule has 2 fully saturated rings. The first-order valence-corrected chi connectivity index (χ1v) is 8.25. The van der Waals surface area contributed by atoms with Crippen molar-refractivity contribution < 1.29 is 19.0 Å². The number of nitrogens with one attached hydrogen (secondary N) is 2. The molecule has 134 valence electrons. The first-order valence-electron chi connectivity index (χ1n) is 8.25. The number of anilines is 1. The summed E-state index contributed by atoms with van der Waals surface area (Å²) in [6, 6.07) is 7.56. The molecule has 2 unspecified atom stereocenters. The predicted molar refractivity (Wildman–Crippen MR) is 94.0 cm³/mol. The molecule has 2 N–H and O–H groups in total. The maximum Gasteiger partial charge on any atom is 0.226 e. The Hall–Kier alpha value is -1.34. The van der Waals surface area contributed by atoms with E-state index in [-0.39, 0.29) is 30.5 Å². The lowest BCUT2D eigenvalue weighted by Gasteiger charge is -2.23. The van der Waals surface area contributed by atoms with Crippen LogP contribution in [0.5, 0.6) is 5.75 Å². The third kappa shape index (κ3) is 5.94. The molecular formula is C17H25ClN2O4. The van der Waals surface area contributed by atoms with Gasteiger partial charge in [0.05, 0.1) is 19.3 Å². The van der Waals surface area contributed by atoms with Crippen LogP contribution in [0.1, 0.15) is 19.3 Å². The topological polar surface area (TPSA) is 68.8 Å². The number of ether oxygens (including phenoxy) is 3. The van der Waals surface area contributed by atoms with Crippen molar-refractivity contribution in [3.8, 4) is 5.75 Å². The van der Waals surface area contributed by atoms with Crippen LogP contribution in [0.3, 0.4) is 0 Å². The number of hydrogen-bond acceptors (Lipinski definition) is 5. The second-order valence-electron chi connectivity index (χ2n) is 5.95. The SMILES string of the molecule is Cl.O=C(CC1COCCN1)Nc1cccc(OCC2CCCO2)c1. The zero-order valence-electron chi connectivity index (χ0n) is 13.7. The van der Waals surface area contributed by atoms with E-state index < -0.39 is 0 Å². The average Bonchev–Trinajstić information content (AvgIpc) is 3.07. The van der Waals surface area contributed by atoms with Crippen molar-refractivity contribution >= 4 is 24.0 Å². The van der Waals surface area contributed by atoms with E-state index in [1.807, 2.05) is 24.3 Å². The van der Waals surface area contributed by atoms with Crippen molar-refractivity contribution in [1.82, 2.24) is 5.32 Å². The van der Waals surface area contributed by atoms with E-state index in [1.54, 1.807) is 0 Å². The fraction of sp³-hybridized carbons (Fsp3) is 0.588. The van der Waals surface area contributed by atoms with Crippen molar-refractivity contribution in [2.75, 3.05) is 38.3 Å². The summed E-state index contributed by atoms with van der Waals surface area (Å²) in [5.74, 6) is 0.724. The van der Waals surface area contributed by atoms with E-state index in [0.717, 1.165) is 37.4 Å². The van der Waals surface area contributed by atoms with E-state index >= 15 is 0 Å². The monoisotopic (exact) mass is 356 g/mol. The standard InChI is InChI=1S/C17H24N2O4.ClH/c20-17(10-14-11-21-8-6-18-14)19-13-3-1-4-15(9-13)23-12-16-5-2-7-22-16;/h1,3-4,9,14,16,18H,2,5-8,10-12H2,(H,19,20);1H. The fourth-order valence-corrected chi connectivity index (χ4v) is 2.82. The van der Waals surface area contributed by atoms with Crippen LogP contribution >= 0.6 is 12.4 Å². The lowest BCUT2D eigenvalue weighted by molar-refractivity contribution is -0.117. The highest BCUT2D eigenvalue weighted by molar-refractivity contribution is 5.91. The second-order valence-corrected chi connectivity index (χ2v) is 5.95. The maximum absolute atomic E-state index is 12.1. The molecule has 2 saturated heterocycles. The van der Waals surface area contributed by atoms with Gasteiger partial charge in [0, 0.05) is 37.4 Å². The Kier molecular flexibility index (Phi) is 7.78. The smallest absolute Gasteiger partial charge is 0.226 e. The summed E-state index contributed by atoms with van der Waals surface area (Å²) >= 11 is 0. The van der Waals surface area contributed by atoms with Gasteiger partial charge in [-0.3, -0.25) is 4.79 Å². The van der Waals surface area contributed by atoms with E-state index in [4.69, 9.17) is 14.2 Å². The number of carbonyl (C=O) groups is 1. The molecule has 0 aliphatic carbocycles. The third-order valence-corrected chi connectivity index (χ3v) is 4.01. The predicted octanol–water partition coefficient (Wildman–Crippen LogP) is 1.98. The summed E-state index contributed by atoms with van der Waals surface area (Å²) in [6.07, 6.45) is 2.74. The average molecular weight is 357 g/mol. The van der Waals surface area contributed by atoms with E-state index in [1.165, 1.54) is 0 Å². The van der Waals surface area contributed by atoms with E-state index in [0.29, 0.717) is 26.2 Å². The highest BCUT2D eigenvalue weighted by Crippen LogP contribution is 2.20. The molecule has 0 radical (unpaired) electrons.